The molecule has 3 atom stereocenters. The fraction of sp³-hybridized carbons (Fsp3) is 0.667. The van der Waals surface area contributed by atoms with Crippen molar-refractivity contribution in [3.63, 3.8) is 0 Å². The van der Waals surface area contributed by atoms with Crippen molar-refractivity contribution in [3.8, 4) is 0 Å². The third-order valence-electron chi connectivity index (χ3n) is 4.26. The predicted molar refractivity (Wildman–Crippen MR) is 136 cm³/mol. The van der Waals surface area contributed by atoms with Crippen molar-refractivity contribution >= 4 is 66.2 Å². The Bertz CT molecular complexity index is 1180. The summed E-state index contributed by atoms with van der Waals surface area (Å²) in [5, 5.41) is 62.2. The van der Waals surface area contributed by atoms with Crippen LogP contribution in [-0.2, 0) is 59.1 Å². The number of carbonyl (C=O) groups is 6. The molecule has 0 bridgehead atoms. The van der Waals surface area contributed by atoms with E-state index in [0.717, 1.165) is 0 Å². The largest absolute Gasteiger partial charge is 1.00 e. The number of carboxylic acid groups (broad SMARTS) is 6. The van der Waals surface area contributed by atoms with E-state index in [4.69, 9.17) is 29.0 Å². The molecule has 0 radical (unpaired) electrons. The zero-order chi connectivity index (χ0) is 36.2. The Morgan fingerprint density at radius 2 is 0.625 bits per heavy atom. The van der Waals surface area contributed by atoms with Crippen LogP contribution >= 0.6 is 0 Å². The minimum atomic E-state index is -4.19. The summed E-state index contributed by atoms with van der Waals surface area (Å²) in [6, 6.07) is -4.30. The van der Waals surface area contributed by atoms with Crippen molar-refractivity contribution in [2.45, 2.75) is 37.4 Å². The van der Waals surface area contributed by atoms with Crippen molar-refractivity contribution in [2.24, 2.45) is 0 Å². The first-order valence-corrected chi connectivity index (χ1v) is 16.3. The van der Waals surface area contributed by atoms with Crippen LogP contribution in [0.15, 0.2) is 0 Å². The Balaban J connectivity index is -0.000000134. The maximum Gasteiger partial charge on any atom is 1.00 e. The summed E-state index contributed by atoms with van der Waals surface area (Å²) < 4.78 is 86.4. The molecule has 0 saturated carbocycles. The van der Waals surface area contributed by atoms with E-state index in [0.29, 0.717) is 0 Å². The second kappa shape index (κ2) is 30.1. The van der Waals surface area contributed by atoms with Crippen molar-refractivity contribution in [1.29, 1.82) is 0 Å². The molecule has 24 nitrogen and oxygen atoms in total. The average Bonchev–Trinajstić information content (AvgIpc) is 2.79. The van der Waals surface area contributed by atoms with Crippen molar-refractivity contribution in [3.05, 3.63) is 0 Å². The van der Waals surface area contributed by atoms with Gasteiger partial charge in [0.2, 0.25) is 0 Å². The molecule has 0 aromatic rings. The van der Waals surface area contributed by atoms with Crippen molar-refractivity contribution in [2.75, 3.05) is 36.9 Å². The van der Waals surface area contributed by atoms with E-state index in [1.165, 1.54) is 0 Å². The van der Waals surface area contributed by atoms with Crippen LogP contribution in [0.25, 0.3) is 0 Å². The number of hydrogen-bond acceptors (Lipinski definition) is 18. The normalized spacial score (nSPS) is 12.6. The molecule has 0 aliphatic rings. The van der Waals surface area contributed by atoms with Gasteiger partial charge in [0.05, 0.1) is 17.3 Å². The number of aliphatic carboxylic acids is 6. The van der Waals surface area contributed by atoms with E-state index in [1.54, 1.807) is 0 Å². The minimum absolute atomic E-state index is 0. The molecule has 0 rings (SSSR count). The van der Waals surface area contributed by atoms with E-state index in [1.807, 2.05) is 0 Å². The number of nitrogens with one attached hydrogen (secondary N) is 3. The van der Waals surface area contributed by atoms with Crippen LogP contribution in [0.2, 0.25) is 0 Å². The van der Waals surface area contributed by atoms with Crippen LogP contribution in [-0.4, -0.2) is 145 Å². The molecule has 0 saturated heterocycles. The Morgan fingerprint density at radius 3 is 0.729 bits per heavy atom. The molecule has 0 aliphatic heterocycles. The molecule has 0 aromatic heterocycles. The monoisotopic (exact) mass is 789 g/mol. The molecular formula is C18H30N3Na3O21S3. The second-order valence-electron chi connectivity index (χ2n) is 8.12. The van der Waals surface area contributed by atoms with Crippen molar-refractivity contribution < 1.29 is 187 Å². The number of hydrogen-bond donors (Lipinski definition) is 9. The Kier molecular flexibility index (Phi) is 37.3. The third-order valence-corrected chi connectivity index (χ3v) is 6.42. The molecule has 30 heteroatoms. The predicted octanol–water partition coefficient (Wildman–Crippen LogP) is -17.8. The Labute approximate surface area is 339 Å². The minimum Gasteiger partial charge on any atom is -0.550 e. The summed E-state index contributed by atoms with van der Waals surface area (Å²) >= 11 is 0. The van der Waals surface area contributed by atoms with Gasteiger partial charge >= 0.3 is 107 Å². The summed E-state index contributed by atoms with van der Waals surface area (Å²) in [6.07, 6.45) is -2.33. The molecule has 0 aliphatic carbocycles. The van der Waals surface area contributed by atoms with Crippen LogP contribution in [0, 0.1) is 0 Å². The average molecular weight is 790 g/mol. The van der Waals surface area contributed by atoms with Crippen LogP contribution in [0.3, 0.4) is 0 Å². The number of carboxylic acids is 6. The molecule has 9 N–H and O–H groups in total. The Morgan fingerprint density at radius 1 is 0.458 bits per heavy atom. The van der Waals surface area contributed by atoms with E-state index >= 15 is 0 Å². The summed E-state index contributed by atoms with van der Waals surface area (Å²) in [5.74, 6) is -11.1. The molecule has 0 aromatic carbocycles. The molecule has 0 heterocycles. The summed E-state index contributed by atoms with van der Waals surface area (Å²) in [5.41, 5.74) is 0. The zero-order valence-corrected chi connectivity index (χ0v) is 34.1. The number of carbonyl (C=O) groups excluding carboxylic acids is 3. The fourth-order valence-electron chi connectivity index (χ4n) is 2.33. The van der Waals surface area contributed by atoms with Crippen LogP contribution < -0.4 is 120 Å². The first-order chi connectivity index (χ1) is 20.2. The van der Waals surface area contributed by atoms with E-state index < -0.39 is 121 Å². The summed E-state index contributed by atoms with van der Waals surface area (Å²) in [4.78, 5) is 61.6. The van der Waals surface area contributed by atoms with Crippen molar-refractivity contribution in [1.82, 2.24) is 16.0 Å². The van der Waals surface area contributed by atoms with Gasteiger partial charge in [0.1, 0.15) is 18.1 Å². The summed E-state index contributed by atoms with van der Waals surface area (Å²) in [6.45, 7) is -1.07. The van der Waals surface area contributed by atoms with E-state index in [9.17, 15) is 69.3 Å². The topological polar surface area (TPSA) is 431 Å². The smallest absolute Gasteiger partial charge is 0.550 e. The number of rotatable bonds is 21. The van der Waals surface area contributed by atoms with E-state index in [-0.39, 0.29) is 108 Å². The molecule has 48 heavy (non-hydrogen) atoms. The summed E-state index contributed by atoms with van der Waals surface area (Å²) in [7, 11) is -12.6. The standard InChI is InChI=1S/3C6H11NO7S.3Na/c3*8-5(9)3-4(6(10)11)7-1-2-15(12,13)14;;;/h3*4,7H,1-3H2,(H,8,9)(H,10,11)(H,12,13,14);;;/q;;;3*+1/p-3/t3*4-;;;/m000.../s1. The molecular weight excluding hydrogens is 759 g/mol. The second-order valence-corrected chi connectivity index (χ2v) is 12.8. The third kappa shape index (κ3) is 45.4. The van der Waals surface area contributed by atoms with Gasteiger partial charge in [0, 0.05) is 56.8 Å². The first-order valence-electron chi connectivity index (χ1n) is 11.5. The van der Waals surface area contributed by atoms with Crippen LogP contribution in [0.1, 0.15) is 19.3 Å². The van der Waals surface area contributed by atoms with Crippen LogP contribution in [0.4, 0.5) is 0 Å². The quantitative estimate of drug-likeness (QED) is 0.0385. The molecule has 0 amide bonds. The maximum absolute atomic E-state index is 10.4. The SMILES string of the molecule is O=C([O-])C[C@H](NCCS(=O)(=O)O)C(=O)O.O=C([O-])C[C@H](NCCS(=O)(=O)O)C(=O)O.O=C([O-])C[C@H](NCCS(=O)(=O)O)C(=O)O.[Na+].[Na+].[Na+]. The molecule has 264 valence electrons. The Hall–Kier alpha value is -0.570. The van der Waals surface area contributed by atoms with Gasteiger partial charge in [-0.25, -0.2) is 0 Å². The first kappa shape index (κ1) is 59.6. The zero-order valence-electron chi connectivity index (χ0n) is 25.6. The van der Waals surface area contributed by atoms with Gasteiger partial charge in [-0.2, -0.15) is 25.3 Å². The van der Waals surface area contributed by atoms with Gasteiger partial charge in [-0.05, 0) is 0 Å². The maximum atomic E-state index is 10.4. The van der Waals surface area contributed by atoms with Crippen LogP contribution in [0.5, 0.6) is 0 Å². The molecule has 0 spiro atoms. The molecule has 0 unspecified atom stereocenters. The van der Waals surface area contributed by atoms with E-state index in [2.05, 4.69) is 16.0 Å². The van der Waals surface area contributed by atoms with Gasteiger partial charge in [-0.1, -0.05) is 0 Å². The van der Waals surface area contributed by atoms with Gasteiger partial charge in [-0.3, -0.25) is 28.0 Å². The van der Waals surface area contributed by atoms with Gasteiger partial charge < -0.3 is 61.0 Å². The fourth-order valence-corrected chi connectivity index (χ4v) is 3.45. The molecule has 0 fully saturated rings. The van der Waals surface area contributed by atoms with Gasteiger partial charge in [0.15, 0.2) is 0 Å². The van der Waals surface area contributed by atoms with Gasteiger partial charge in [-0.15, -0.1) is 0 Å². The van der Waals surface area contributed by atoms with Gasteiger partial charge in [0.25, 0.3) is 30.4 Å².